The minimum atomic E-state index is 0.479. The summed E-state index contributed by atoms with van der Waals surface area (Å²) in [7, 11) is 1.65. The van der Waals surface area contributed by atoms with Crippen LogP contribution in [-0.4, -0.2) is 7.11 Å². The highest BCUT2D eigenvalue weighted by Crippen LogP contribution is 2.29. The first-order valence-corrected chi connectivity index (χ1v) is 6.37. The van der Waals surface area contributed by atoms with Crippen molar-refractivity contribution < 1.29 is 9.47 Å². The Kier molecular flexibility index (Phi) is 4.29. The molecule has 0 unspecified atom stereocenters. The van der Waals surface area contributed by atoms with Gasteiger partial charge in [0.25, 0.3) is 0 Å². The number of benzene rings is 2. The Hall–Kier alpha value is -2.16. The molecule has 100 valence electrons. The summed E-state index contributed by atoms with van der Waals surface area (Å²) in [5, 5.41) is 0. The molecule has 0 aromatic heterocycles. The van der Waals surface area contributed by atoms with E-state index in [1.807, 2.05) is 36.4 Å². The lowest BCUT2D eigenvalue weighted by molar-refractivity contribution is 0.284. The number of anilines is 1. The molecule has 19 heavy (non-hydrogen) atoms. The van der Waals surface area contributed by atoms with Crippen molar-refractivity contribution in [2.75, 3.05) is 12.8 Å². The summed E-state index contributed by atoms with van der Waals surface area (Å²) < 4.78 is 11.1. The topological polar surface area (TPSA) is 44.5 Å². The second-order valence-corrected chi connectivity index (χ2v) is 4.37. The SMILES string of the molecule is CCc1ccc(OCc2cccc(N)c2)c(OC)c1. The second-order valence-electron chi connectivity index (χ2n) is 4.37. The minimum absolute atomic E-state index is 0.479. The standard InChI is InChI=1S/C16H19NO2/c1-3-12-7-8-15(16(10-12)18-2)19-11-13-5-4-6-14(17)9-13/h4-10H,3,11,17H2,1-2H3. The van der Waals surface area contributed by atoms with Gasteiger partial charge in [-0.25, -0.2) is 0 Å². The van der Waals surface area contributed by atoms with Crippen molar-refractivity contribution in [1.82, 2.24) is 0 Å². The van der Waals surface area contributed by atoms with Crippen LogP contribution < -0.4 is 15.2 Å². The highest BCUT2D eigenvalue weighted by Gasteiger charge is 2.05. The lowest BCUT2D eigenvalue weighted by atomic mass is 10.1. The molecule has 0 bridgehead atoms. The molecule has 3 nitrogen and oxygen atoms in total. The van der Waals surface area contributed by atoms with Crippen LogP contribution in [0.25, 0.3) is 0 Å². The summed E-state index contributed by atoms with van der Waals surface area (Å²) in [4.78, 5) is 0. The lowest BCUT2D eigenvalue weighted by Crippen LogP contribution is -1.99. The van der Waals surface area contributed by atoms with E-state index in [0.29, 0.717) is 6.61 Å². The average molecular weight is 257 g/mol. The predicted molar refractivity (Wildman–Crippen MR) is 77.6 cm³/mol. The number of aryl methyl sites for hydroxylation is 1. The third-order valence-corrected chi connectivity index (χ3v) is 2.98. The molecular weight excluding hydrogens is 238 g/mol. The van der Waals surface area contributed by atoms with Crippen LogP contribution in [-0.2, 0) is 13.0 Å². The number of hydrogen-bond acceptors (Lipinski definition) is 3. The molecule has 3 heteroatoms. The molecule has 0 fully saturated rings. The van der Waals surface area contributed by atoms with Gasteiger partial charge in [0, 0.05) is 5.69 Å². The van der Waals surface area contributed by atoms with Gasteiger partial charge in [-0.3, -0.25) is 0 Å². The summed E-state index contributed by atoms with van der Waals surface area (Å²) in [5.41, 5.74) is 8.76. The molecule has 0 saturated heterocycles. The van der Waals surface area contributed by atoms with E-state index in [1.54, 1.807) is 7.11 Å². The summed E-state index contributed by atoms with van der Waals surface area (Å²) in [6.07, 6.45) is 0.978. The van der Waals surface area contributed by atoms with Gasteiger partial charge in [-0.05, 0) is 41.8 Å². The maximum absolute atomic E-state index is 5.79. The van der Waals surface area contributed by atoms with Crippen LogP contribution in [0.15, 0.2) is 42.5 Å². The van der Waals surface area contributed by atoms with Gasteiger partial charge in [-0.1, -0.05) is 25.1 Å². The lowest BCUT2D eigenvalue weighted by Gasteiger charge is -2.12. The van der Waals surface area contributed by atoms with Crippen LogP contribution in [0, 0.1) is 0 Å². The summed E-state index contributed by atoms with van der Waals surface area (Å²) >= 11 is 0. The van der Waals surface area contributed by atoms with Crippen molar-refractivity contribution in [3.05, 3.63) is 53.6 Å². The van der Waals surface area contributed by atoms with Gasteiger partial charge < -0.3 is 15.2 Å². The Morgan fingerprint density at radius 1 is 1.00 bits per heavy atom. The quantitative estimate of drug-likeness (QED) is 0.835. The fraction of sp³-hybridized carbons (Fsp3) is 0.250. The van der Waals surface area contributed by atoms with E-state index in [1.165, 1.54) is 5.56 Å². The maximum atomic E-state index is 5.79. The average Bonchev–Trinajstić information content (AvgIpc) is 2.45. The van der Waals surface area contributed by atoms with Crippen molar-refractivity contribution >= 4 is 5.69 Å². The molecule has 2 rings (SSSR count). The molecule has 0 aliphatic rings. The second kappa shape index (κ2) is 6.14. The first-order valence-electron chi connectivity index (χ1n) is 6.37. The molecule has 2 aromatic carbocycles. The number of ether oxygens (including phenoxy) is 2. The van der Waals surface area contributed by atoms with E-state index >= 15 is 0 Å². The third-order valence-electron chi connectivity index (χ3n) is 2.98. The molecule has 0 aliphatic heterocycles. The van der Waals surface area contributed by atoms with Crippen LogP contribution >= 0.6 is 0 Å². The number of nitrogen functional groups attached to an aromatic ring is 1. The zero-order chi connectivity index (χ0) is 13.7. The predicted octanol–water partition coefficient (Wildman–Crippen LogP) is 3.42. The van der Waals surface area contributed by atoms with Gasteiger partial charge >= 0.3 is 0 Å². The van der Waals surface area contributed by atoms with Gasteiger partial charge in [0.05, 0.1) is 7.11 Å². The van der Waals surface area contributed by atoms with Crippen molar-refractivity contribution in [1.29, 1.82) is 0 Å². The van der Waals surface area contributed by atoms with Crippen molar-refractivity contribution in [3.63, 3.8) is 0 Å². The van der Waals surface area contributed by atoms with E-state index in [0.717, 1.165) is 29.2 Å². The van der Waals surface area contributed by atoms with E-state index in [-0.39, 0.29) is 0 Å². The fourth-order valence-corrected chi connectivity index (χ4v) is 1.90. The normalized spacial score (nSPS) is 10.2. The fourth-order valence-electron chi connectivity index (χ4n) is 1.90. The molecule has 0 atom stereocenters. The summed E-state index contributed by atoms with van der Waals surface area (Å²) in [5.74, 6) is 1.52. The van der Waals surface area contributed by atoms with Gasteiger partial charge in [0.15, 0.2) is 11.5 Å². The van der Waals surface area contributed by atoms with Gasteiger partial charge in [0.1, 0.15) is 6.61 Å². The van der Waals surface area contributed by atoms with E-state index < -0.39 is 0 Å². The van der Waals surface area contributed by atoms with Crippen molar-refractivity contribution in [2.45, 2.75) is 20.0 Å². The molecule has 0 amide bonds. The van der Waals surface area contributed by atoms with Crippen LogP contribution in [0.4, 0.5) is 5.69 Å². The molecule has 0 aliphatic carbocycles. The van der Waals surface area contributed by atoms with E-state index in [4.69, 9.17) is 15.2 Å². The maximum Gasteiger partial charge on any atom is 0.161 e. The van der Waals surface area contributed by atoms with Crippen LogP contribution in [0.2, 0.25) is 0 Å². The number of hydrogen-bond donors (Lipinski definition) is 1. The van der Waals surface area contributed by atoms with Crippen molar-refractivity contribution in [2.24, 2.45) is 0 Å². The third kappa shape index (κ3) is 3.41. The van der Waals surface area contributed by atoms with E-state index in [2.05, 4.69) is 13.0 Å². The molecule has 2 aromatic rings. The van der Waals surface area contributed by atoms with Crippen LogP contribution in [0.1, 0.15) is 18.1 Å². The number of methoxy groups -OCH3 is 1. The Bertz CT molecular complexity index is 552. The Labute approximate surface area is 114 Å². The van der Waals surface area contributed by atoms with Gasteiger partial charge in [0.2, 0.25) is 0 Å². The monoisotopic (exact) mass is 257 g/mol. The highest BCUT2D eigenvalue weighted by atomic mass is 16.5. The molecule has 0 saturated carbocycles. The zero-order valence-corrected chi connectivity index (χ0v) is 11.3. The minimum Gasteiger partial charge on any atom is -0.493 e. The zero-order valence-electron chi connectivity index (χ0n) is 11.3. The van der Waals surface area contributed by atoms with Crippen LogP contribution in [0.3, 0.4) is 0 Å². The Morgan fingerprint density at radius 2 is 1.84 bits per heavy atom. The Morgan fingerprint density at radius 3 is 2.53 bits per heavy atom. The van der Waals surface area contributed by atoms with Crippen LogP contribution in [0.5, 0.6) is 11.5 Å². The molecule has 0 radical (unpaired) electrons. The molecular formula is C16H19NO2. The van der Waals surface area contributed by atoms with E-state index in [9.17, 15) is 0 Å². The number of nitrogens with two attached hydrogens (primary N) is 1. The first-order chi connectivity index (χ1) is 9.22. The smallest absolute Gasteiger partial charge is 0.161 e. The molecule has 0 spiro atoms. The summed E-state index contributed by atoms with van der Waals surface area (Å²) in [6, 6.07) is 13.7. The highest BCUT2D eigenvalue weighted by molar-refractivity contribution is 5.44. The van der Waals surface area contributed by atoms with Crippen molar-refractivity contribution in [3.8, 4) is 11.5 Å². The molecule has 0 heterocycles. The summed E-state index contributed by atoms with van der Waals surface area (Å²) in [6.45, 7) is 2.59. The Balaban J connectivity index is 2.11. The van der Waals surface area contributed by atoms with Gasteiger partial charge in [-0.15, -0.1) is 0 Å². The number of rotatable bonds is 5. The van der Waals surface area contributed by atoms with Gasteiger partial charge in [-0.2, -0.15) is 0 Å². The first kappa shape index (κ1) is 13.3. The molecule has 2 N–H and O–H groups in total. The largest absolute Gasteiger partial charge is 0.493 e.